The summed E-state index contributed by atoms with van der Waals surface area (Å²) in [5, 5.41) is 12.9. The molecule has 0 saturated heterocycles. The Hall–Kier alpha value is -1.02. The fourth-order valence-corrected chi connectivity index (χ4v) is 2.63. The standard InChI is InChI=1S/C16H27NO/c1-5-15(6-2)13(4)17-12(3)11-14-7-9-16(18)10-8-14/h7-10,12-13,15,17-18H,5-6,11H2,1-4H3. The van der Waals surface area contributed by atoms with Crippen molar-refractivity contribution >= 4 is 0 Å². The van der Waals surface area contributed by atoms with Crippen molar-refractivity contribution in [3.8, 4) is 5.75 Å². The minimum Gasteiger partial charge on any atom is -0.508 e. The van der Waals surface area contributed by atoms with Gasteiger partial charge in [-0.3, -0.25) is 0 Å². The fourth-order valence-electron chi connectivity index (χ4n) is 2.63. The topological polar surface area (TPSA) is 32.3 Å². The summed E-state index contributed by atoms with van der Waals surface area (Å²) >= 11 is 0. The number of phenols is 1. The molecule has 18 heavy (non-hydrogen) atoms. The van der Waals surface area contributed by atoms with Crippen molar-refractivity contribution in [3.05, 3.63) is 29.8 Å². The number of phenolic OH excluding ortho intramolecular Hbond substituents is 1. The maximum Gasteiger partial charge on any atom is 0.115 e. The molecule has 2 unspecified atom stereocenters. The molecule has 2 atom stereocenters. The predicted octanol–water partition coefficient (Wildman–Crippen LogP) is 3.74. The largest absolute Gasteiger partial charge is 0.508 e. The van der Waals surface area contributed by atoms with E-state index in [1.807, 2.05) is 12.1 Å². The third-order valence-electron chi connectivity index (χ3n) is 3.78. The van der Waals surface area contributed by atoms with E-state index >= 15 is 0 Å². The van der Waals surface area contributed by atoms with Crippen LogP contribution in [0.5, 0.6) is 5.75 Å². The molecule has 0 heterocycles. The molecule has 2 heteroatoms. The van der Waals surface area contributed by atoms with Crippen molar-refractivity contribution < 1.29 is 5.11 Å². The lowest BCUT2D eigenvalue weighted by atomic mass is 9.94. The molecular weight excluding hydrogens is 222 g/mol. The lowest BCUT2D eigenvalue weighted by Crippen LogP contribution is -2.40. The summed E-state index contributed by atoms with van der Waals surface area (Å²) in [6.07, 6.45) is 3.47. The van der Waals surface area contributed by atoms with Crippen molar-refractivity contribution in [1.82, 2.24) is 5.32 Å². The highest BCUT2D eigenvalue weighted by Gasteiger charge is 2.15. The highest BCUT2D eigenvalue weighted by atomic mass is 16.3. The second-order valence-corrected chi connectivity index (χ2v) is 5.30. The molecule has 0 aliphatic rings. The summed E-state index contributed by atoms with van der Waals surface area (Å²) in [5.74, 6) is 1.09. The van der Waals surface area contributed by atoms with Gasteiger partial charge in [0.15, 0.2) is 0 Å². The minimum atomic E-state index is 0.338. The molecule has 1 rings (SSSR count). The average molecular weight is 249 g/mol. The van der Waals surface area contributed by atoms with Gasteiger partial charge in [-0.15, -0.1) is 0 Å². The minimum absolute atomic E-state index is 0.338. The van der Waals surface area contributed by atoms with E-state index in [1.165, 1.54) is 18.4 Å². The van der Waals surface area contributed by atoms with Crippen LogP contribution in [0.15, 0.2) is 24.3 Å². The first kappa shape index (κ1) is 15.0. The van der Waals surface area contributed by atoms with Crippen molar-refractivity contribution in [2.45, 2.75) is 59.0 Å². The summed E-state index contributed by atoms with van der Waals surface area (Å²) < 4.78 is 0. The van der Waals surface area contributed by atoms with Gasteiger partial charge in [-0.25, -0.2) is 0 Å². The Morgan fingerprint density at radius 1 is 1.06 bits per heavy atom. The van der Waals surface area contributed by atoms with E-state index in [0.717, 1.165) is 12.3 Å². The molecule has 0 fully saturated rings. The number of hydrogen-bond acceptors (Lipinski definition) is 2. The molecule has 0 saturated carbocycles. The first-order valence-electron chi connectivity index (χ1n) is 7.10. The first-order valence-corrected chi connectivity index (χ1v) is 7.10. The average Bonchev–Trinajstić information content (AvgIpc) is 2.33. The Morgan fingerprint density at radius 3 is 2.11 bits per heavy atom. The highest BCUT2D eigenvalue weighted by Crippen LogP contribution is 2.15. The molecular formula is C16H27NO. The van der Waals surface area contributed by atoms with Crippen LogP contribution in [-0.2, 0) is 6.42 Å². The van der Waals surface area contributed by atoms with E-state index in [2.05, 4.69) is 33.0 Å². The molecule has 0 aliphatic heterocycles. The second-order valence-electron chi connectivity index (χ2n) is 5.30. The van der Waals surface area contributed by atoms with Gasteiger partial charge in [-0.1, -0.05) is 38.8 Å². The monoisotopic (exact) mass is 249 g/mol. The van der Waals surface area contributed by atoms with Crippen LogP contribution >= 0.6 is 0 Å². The summed E-state index contributed by atoms with van der Waals surface area (Å²) in [7, 11) is 0. The smallest absolute Gasteiger partial charge is 0.115 e. The van der Waals surface area contributed by atoms with Crippen molar-refractivity contribution in [2.75, 3.05) is 0 Å². The normalized spacial score (nSPS) is 14.7. The quantitative estimate of drug-likeness (QED) is 0.771. The van der Waals surface area contributed by atoms with Crippen LogP contribution in [0.2, 0.25) is 0 Å². The molecule has 0 radical (unpaired) electrons. The van der Waals surface area contributed by atoms with Gasteiger partial charge in [0.25, 0.3) is 0 Å². The third-order valence-corrected chi connectivity index (χ3v) is 3.78. The van der Waals surface area contributed by atoms with Gasteiger partial charge in [0.2, 0.25) is 0 Å². The van der Waals surface area contributed by atoms with Crippen LogP contribution in [0.3, 0.4) is 0 Å². The zero-order valence-electron chi connectivity index (χ0n) is 12.1. The molecule has 1 aromatic rings. The molecule has 1 aromatic carbocycles. The van der Waals surface area contributed by atoms with E-state index in [9.17, 15) is 5.11 Å². The summed E-state index contributed by atoms with van der Waals surface area (Å²) in [5.41, 5.74) is 1.27. The SMILES string of the molecule is CCC(CC)C(C)NC(C)Cc1ccc(O)cc1. The van der Waals surface area contributed by atoms with E-state index in [0.29, 0.717) is 17.8 Å². The van der Waals surface area contributed by atoms with Crippen LogP contribution in [0.1, 0.15) is 46.1 Å². The van der Waals surface area contributed by atoms with Gasteiger partial charge in [-0.05, 0) is 43.9 Å². The molecule has 2 N–H and O–H groups in total. The van der Waals surface area contributed by atoms with Crippen LogP contribution in [0, 0.1) is 5.92 Å². The molecule has 0 aromatic heterocycles. The van der Waals surface area contributed by atoms with Gasteiger partial charge < -0.3 is 10.4 Å². The van der Waals surface area contributed by atoms with Crippen LogP contribution < -0.4 is 5.32 Å². The predicted molar refractivity (Wildman–Crippen MR) is 77.9 cm³/mol. The summed E-state index contributed by atoms with van der Waals surface area (Å²) in [6, 6.07) is 8.53. The zero-order valence-corrected chi connectivity index (χ0v) is 12.1. The Bertz CT molecular complexity index is 329. The maximum atomic E-state index is 9.26. The Labute approximate surface area is 111 Å². The Morgan fingerprint density at radius 2 is 1.61 bits per heavy atom. The van der Waals surface area contributed by atoms with Gasteiger partial charge in [-0.2, -0.15) is 0 Å². The van der Waals surface area contributed by atoms with Crippen molar-refractivity contribution in [2.24, 2.45) is 5.92 Å². The number of aromatic hydroxyl groups is 1. The van der Waals surface area contributed by atoms with Gasteiger partial charge >= 0.3 is 0 Å². The summed E-state index contributed by atoms with van der Waals surface area (Å²) in [6.45, 7) is 9.03. The van der Waals surface area contributed by atoms with E-state index in [4.69, 9.17) is 0 Å². The number of rotatable bonds is 7. The van der Waals surface area contributed by atoms with E-state index < -0.39 is 0 Å². The van der Waals surface area contributed by atoms with Crippen LogP contribution in [-0.4, -0.2) is 17.2 Å². The highest BCUT2D eigenvalue weighted by molar-refractivity contribution is 5.26. The lowest BCUT2D eigenvalue weighted by molar-refractivity contribution is 0.327. The molecule has 2 nitrogen and oxygen atoms in total. The van der Waals surface area contributed by atoms with Crippen LogP contribution in [0.25, 0.3) is 0 Å². The van der Waals surface area contributed by atoms with E-state index in [1.54, 1.807) is 12.1 Å². The number of hydrogen-bond donors (Lipinski definition) is 2. The van der Waals surface area contributed by atoms with Gasteiger partial charge in [0, 0.05) is 12.1 Å². The Balaban J connectivity index is 2.45. The molecule has 102 valence electrons. The molecule has 0 bridgehead atoms. The summed E-state index contributed by atoms with van der Waals surface area (Å²) in [4.78, 5) is 0. The van der Waals surface area contributed by atoms with Crippen LogP contribution in [0.4, 0.5) is 0 Å². The maximum absolute atomic E-state index is 9.26. The number of benzene rings is 1. The molecule has 0 spiro atoms. The number of nitrogens with one attached hydrogen (secondary N) is 1. The third kappa shape index (κ3) is 4.69. The lowest BCUT2D eigenvalue weighted by Gasteiger charge is -2.26. The van der Waals surface area contributed by atoms with E-state index in [-0.39, 0.29) is 0 Å². The molecule has 0 amide bonds. The van der Waals surface area contributed by atoms with Gasteiger partial charge in [0.1, 0.15) is 5.75 Å². The molecule has 0 aliphatic carbocycles. The second kappa shape index (κ2) is 7.42. The Kier molecular flexibility index (Phi) is 6.20. The first-order chi connectivity index (χ1) is 8.56. The zero-order chi connectivity index (χ0) is 13.5. The van der Waals surface area contributed by atoms with Gasteiger partial charge in [0.05, 0.1) is 0 Å². The van der Waals surface area contributed by atoms with Crippen molar-refractivity contribution in [1.29, 1.82) is 0 Å². The van der Waals surface area contributed by atoms with Crippen molar-refractivity contribution in [3.63, 3.8) is 0 Å². The fraction of sp³-hybridized carbons (Fsp3) is 0.625.